The van der Waals surface area contributed by atoms with Crippen LogP contribution in [0.3, 0.4) is 0 Å². The number of unbranched alkanes of at least 4 members (excludes halogenated alkanes) is 3. The second-order valence-electron chi connectivity index (χ2n) is 10.5. The van der Waals surface area contributed by atoms with E-state index in [1.54, 1.807) is 6.07 Å². The van der Waals surface area contributed by atoms with E-state index in [-0.39, 0.29) is 24.1 Å². The first kappa shape index (κ1) is 33.9. The van der Waals surface area contributed by atoms with Gasteiger partial charge in [-0.3, -0.25) is 0 Å². The van der Waals surface area contributed by atoms with Gasteiger partial charge in [0.2, 0.25) is 0 Å². The van der Waals surface area contributed by atoms with Crippen molar-refractivity contribution in [2.75, 3.05) is 19.8 Å². The van der Waals surface area contributed by atoms with Gasteiger partial charge in [-0.1, -0.05) is 94.1 Å². The summed E-state index contributed by atoms with van der Waals surface area (Å²) in [6, 6.07) is 21.9. The molecule has 0 spiro atoms. The van der Waals surface area contributed by atoms with Crippen LogP contribution in [0.25, 0.3) is 0 Å². The molecule has 4 rings (SSSR count). The molecule has 0 amide bonds. The summed E-state index contributed by atoms with van der Waals surface area (Å²) in [5.74, 6) is 0.993. The van der Waals surface area contributed by atoms with Crippen LogP contribution in [0.1, 0.15) is 94.6 Å². The maximum atomic E-state index is 11.0. The monoisotopic (exact) mass is 596 g/mol. The smallest absolute Gasteiger partial charge is 0.122 e. The number of halogens is 1. The molecule has 3 aromatic carbocycles. The molecule has 3 unspecified atom stereocenters. The Labute approximate surface area is 258 Å². The Morgan fingerprint density at radius 1 is 0.905 bits per heavy atom. The summed E-state index contributed by atoms with van der Waals surface area (Å²) in [6.45, 7) is 10.6. The quantitative estimate of drug-likeness (QED) is 0.177. The van der Waals surface area contributed by atoms with Gasteiger partial charge in [0.05, 0.1) is 38.1 Å². The normalized spacial score (nSPS) is 18.3. The molecule has 0 aromatic heterocycles. The second-order valence-corrected chi connectivity index (χ2v) is 10.9. The molecule has 1 aliphatic rings. The molecule has 1 fully saturated rings. The molecule has 0 saturated carbocycles. The second kappa shape index (κ2) is 18.9. The van der Waals surface area contributed by atoms with E-state index < -0.39 is 0 Å². The van der Waals surface area contributed by atoms with Crippen LogP contribution in [-0.2, 0) is 27.2 Å². The minimum atomic E-state index is -0.320. The van der Waals surface area contributed by atoms with E-state index >= 15 is 0 Å². The van der Waals surface area contributed by atoms with Crippen LogP contribution in [-0.4, -0.2) is 37.1 Å². The molecule has 1 saturated heterocycles. The van der Waals surface area contributed by atoms with Crippen molar-refractivity contribution < 1.29 is 24.1 Å². The number of rotatable bonds is 15. The van der Waals surface area contributed by atoms with Gasteiger partial charge in [-0.15, -0.1) is 0 Å². The number of aromatic hydroxyl groups is 1. The predicted molar refractivity (Wildman–Crippen MR) is 172 cm³/mol. The Morgan fingerprint density at radius 2 is 1.67 bits per heavy atom. The summed E-state index contributed by atoms with van der Waals surface area (Å²) < 4.78 is 24.5. The molecule has 230 valence electrons. The van der Waals surface area contributed by atoms with E-state index in [4.69, 9.17) is 30.5 Å². The molecule has 6 heteroatoms. The zero-order chi connectivity index (χ0) is 30.2. The van der Waals surface area contributed by atoms with E-state index in [1.165, 1.54) is 19.3 Å². The van der Waals surface area contributed by atoms with Gasteiger partial charge >= 0.3 is 0 Å². The molecule has 0 radical (unpaired) electrons. The van der Waals surface area contributed by atoms with Crippen molar-refractivity contribution in [1.29, 1.82) is 0 Å². The molecule has 1 aliphatic heterocycles. The predicted octanol–water partition coefficient (Wildman–Crippen LogP) is 9.46. The summed E-state index contributed by atoms with van der Waals surface area (Å²) in [4.78, 5) is 0. The molecule has 0 aliphatic carbocycles. The summed E-state index contributed by atoms with van der Waals surface area (Å²) in [5.41, 5.74) is 3.94. The molecule has 0 bridgehead atoms. The van der Waals surface area contributed by atoms with Gasteiger partial charge in [-0.2, -0.15) is 0 Å². The Bertz CT molecular complexity index is 1150. The largest absolute Gasteiger partial charge is 0.508 e. The van der Waals surface area contributed by atoms with Crippen molar-refractivity contribution in [3.8, 4) is 11.5 Å². The minimum absolute atomic E-state index is 0.0164. The maximum Gasteiger partial charge on any atom is 0.122 e. The van der Waals surface area contributed by atoms with Gasteiger partial charge in [0.25, 0.3) is 0 Å². The first-order valence-corrected chi connectivity index (χ1v) is 16.0. The van der Waals surface area contributed by atoms with E-state index in [1.807, 2.05) is 69.3 Å². The van der Waals surface area contributed by atoms with Crippen molar-refractivity contribution in [3.63, 3.8) is 0 Å². The topological polar surface area (TPSA) is 57.2 Å². The molecule has 1 heterocycles. The van der Waals surface area contributed by atoms with Crippen LogP contribution in [0.5, 0.6) is 11.5 Å². The standard InChI is InChI=1S/C34H43ClO5.C2H6/c1-3-5-6-10-17-37-24-30-20-29(39-23-26-11-8-7-9-12-26)21-34(40-30)31-19-27(32(35)22-33(31)36)18-25-13-15-28(16-14-25)38-4-2;1-2/h7-9,11-16,19,22,29-30,34,36H,3-6,10,17-18,20-21,23-24H2,1-2H3;1-2H3. The van der Waals surface area contributed by atoms with Crippen LogP contribution in [0.2, 0.25) is 5.02 Å². The van der Waals surface area contributed by atoms with Crippen molar-refractivity contribution in [3.05, 3.63) is 94.0 Å². The molecule has 42 heavy (non-hydrogen) atoms. The lowest BCUT2D eigenvalue weighted by Crippen LogP contribution is -2.36. The fourth-order valence-electron chi connectivity index (χ4n) is 5.16. The number of phenolic OH excluding ortho intramolecular Hbond substituents is 1. The Morgan fingerprint density at radius 3 is 2.38 bits per heavy atom. The van der Waals surface area contributed by atoms with E-state index in [2.05, 4.69) is 19.1 Å². The average Bonchev–Trinajstić information content (AvgIpc) is 3.01. The Kier molecular flexibility index (Phi) is 15.2. The lowest BCUT2D eigenvalue weighted by atomic mass is 9.93. The Hall–Kier alpha value is -2.57. The summed E-state index contributed by atoms with van der Waals surface area (Å²) in [6.07, 6.45) is 6.28. The highest BCUT2D eigenvalue weighted by atomic mass is 35.5. The van der Waals surface area contributed by atoms with Crippen LogP contribution in [0, 0.1) is 0 Å². The van der Waals surface area contributed by atoms with Crippen LogP contribution < -0.4 is 4.74 Å². The average molecular weight is 597 g/mol. The van der Waals surface area contributed by atoms with Gasteiger partial charge in [-0.05, 0) is 60.7 Å². The number of phenols is 1. The van der Waals surface area contributed by atoms with Crippen LogP contribution in [0.4, 0.5) is 0 Å². The van der Waals surface area contributed by atoms with E-state index in [0.717, 1.165) is 47.5 Å². The summed E-state index contributed by atoms with van der Waals surface area (Å²) in [5, 5.41) is 11.5. The van der Waals surface area contributed by atoms with Crippen molar-refractivity contribution in [1.82, 2.24) is 0 Å². The SMILES string of the molecule is CC.CCCCCCOCC1CC(OCc2ccccc2)CC(c2cc(Cc3ccc(OCC)cc3)c(Cl)cc2O)O1. The number of benzene rings is 3. The van der Waals surface area contributed by atoms with Gasteiger partial charge in [0.1, 0.15) is 11.5 Å². The maximum absolute atomic E-state index is 11.0. The zero-order valence-corrected chi connectivity index (χ0v) is 26.6. The third-order valence-corrected chi connectivity index (χ3v) is 7.66. The Balaban J connectivity index is 0.00000237. The first-order chi connectivity index (χ1) is 20.6. The highest BCUT2D eigenvalue weighted by Gasteiger charge is 2.33. The molecular formula is C36H49ClO5. The van der Waals surface area contributed by atoms with Gasteiger partial charge in [-0.25, -0.2) is 0 Å². The zero-order valence-electron chi connectivity index (χ0n) is 25.8. The minimum Gasteiger partial charge on any atom is -0.508 e. The number of hydrogen-bond acceptors (Lipinski definition) is 5. The van der Waals surface area contributed by atoms with E-state index in [0.29, 0.717) is 37.7 Å². The molecule has 3 aromatic rings. The van der Waals surface area contributed by atoms with Gasteiger partial charge in [0, 0.05) is 30.0 Å². The highest BCUT2D eigenvalue weighted by Crippen LogP contribution is 2.40. The highest BCUT2D eigenvalue weighted by molar-refractivity contribution is 6.31. The van der Waals surface area contributed by atoms with Gasteiger partial charge in [0.15, 0.2) is 0 Å². The lowest BCUT2D eigenvalue weighted by molar-refractivity contribution is -0.141. The molecule has 3 atom stereocenters. The number of ether oxygens (including phenoxy) is 4. The molecular weight excluding hydrogens is 548 g/mol. The van der Waals surface area contributed by atoms with Crippen molar-refractivity contribution in [2.45, 2.75) is 97.6 Å². The molecule has 1 N–H and O–H groups in total. The van der Waals surface area contributed by atoms with Crippen LogP contribution >= 0.6 is 11.6 Å². The third-order valence-electron chi connectivity index (χ3n) is 7.31. The fourth-order valence-corrected chi connectivity index (χ4v) is 5.38. The van der Waals surface area contributed by atoms with E-state index in [9.17, 15) is 5.11 Å². The fraction of sp³-hybridized carbons (Fsp3) is 0.500. The summed E-state index contributed by atoms with van der Waals surface area (Å²) >= 11 is 6.60. The number of hydrogen-bond donors (Lipinski definition) is 1. The molecule has 5 nitrogen and oxygen atoms in total. The first-order valence-electron chi connectivity index (χ1n) is 15.7. The van der Waals surface area contributed by atoms with Gasteiger partial charge < -0.3 is 24.1 Å². The van der Waals surface area contributed by atoms with Crippen molar-refractivity contribution >= 4 is 11.6 Å². The third kappa shape index (κ3) is 10.9. The lowest BCUT2D eigenvalue weighted by Gasteiger charge is -2.36. The van der Waals surface area contributed by atoms with Crippen LogP contribution in [0.15, 0.2) is 66.7 Å². The summed E-state index contributed by atoms with van der Waals surface area (Å²) in [7, 11) is 0. The van der Waals surface area contributed by atoms with Crippen molar-refractivity contribution in [2.24, 2.45) is 0 Å².